The van der Waals surface area contributed by atoms with E-state index in [0.717, 1.165) is 29.1 Å². The summed E-state index contributed by atoms with van der Waals surface area (Å²) >= 11 is 5.13. The minimum absolute atomic E-state index is 0.465. The molecule has 1 unspecified atom stereocenters. The highest BCUT2D eigenvalue weighted by Crippen LogP contribution is 2.34. The Morgan fingerprint density at radius 1 is 1.50 bits per heavy atom. The maximum atomic E-state index is 5.22. The molecule has 1 N–H and O–H groups in total. The van der Waals surface area contributed by atoms with Gasteiger partial charge in [-0.15, -0.1) is 11.3 Å². The molecule has 0 aromatic carbocycles. The molecule has 1 heterocycles. The van der Waals surface area contributed by atoms with Crippen LogP contribution in [0.3, 0.4) is 0 Å². The van der Waals surface area contributed by atoms with Gasteiger partial charge in [0.2, 0.25) is 0 Å². The Bertz CT molecular complexity index is 317. The fourth-order valence-corrected chi connectivity index (χ4v) is 2.94. The van der Waals surface area contributed by atoms with Gasteiger partial charge >= 0.3 is 0 Å². The third-order valence-electron chi connectivity index (χ3n) is 2.27. The number of halogens is 1. The van der Waals surface area contributed by atoms with Gasteiger partial charge in [0.05, 0.1) is 11.6 Å². The molecule has 0 bridgehead atoms. The van der Waals surface area contributed by atoms with E-state index in [9.17, 15) is 0 Å². The molecular formula is C11H18BrNO2S. The third-order valence-corrected chi connectivity index (χ3v) is 4.22. The molecule has 0 fully saturated rings. The van der Waals surface area contributed by atoms with Crippen LogP contribution in [0.2, 0.25) is 0 Å². The van der Waals surface area contributed by atoms with Gasteiger partial charge in [-0.1, -0.05) is 0 Å². The van der Waals surface area contributed by atoms with Crippen LogP contribution >= 0.6 is 27.3 Å². The molecule has 92 valence electrons. The van der Waals surface area contributed by atoms with E-state index in [-0.39, 0.29) is 0 Å². The lowest BCUT2D eigenvalue weighted by Crippen LogP contribution is -2.26. The van der Waals surface area contributed by atoms with Crippen LogP contribution in [-0.2, 0) is 11.3 Å². The zero-order chi connectivity index (χ0) is 12.0. The summed E-state index contributed by atoms with van der Waals surface area (Å²) < 4.78 is 11.3. The fourth-order valence-electron chi connectivity index (χ4n) is 1.30. The Morgan fingerprint density at radius 2 is 2.25 bits per heavy atom. The lowest BCUT2D eigenvalue weighted by Gasteiger charge is -2.11. The second-order valence-electron chi connectivity index (χ2n) is 3.62. The predicted octanol–water partition coefficient (Wildman–Crippen LogP) is 3.03. The molecule has 0 aliphatic rings. The van der Waals surface area contributed by atoms with Gasteiger partial charge in [-0.2, -0.15) is 0 Å². The molecular weight excluding hydrogens is 290 g/mol. The van der Waals surface area contributed by atoms with Crippen LogP contribution in [0.15, 0.2) is 10.5 Å². The van der Waals surface area contributed by atoms with Crippen molar-refractivity contribution in [1.29, 1.82) is 0 Å². The van der Waals surface area contributed by atoms with Gasteiger partial charge in [0, 0.05) is 31.2 Å². The molecule has 1 rings (SSSR count). The number of hydrogen-bond donors (Lipinski definition) is 1. The summed E-state index contributed by atoms with van der Waals surface area (Å²) in [6.45, 7) is 3.84. The minimum Gasteiger partial charge on any atom is -0.486 e. The summed E-state index contributed by atoms with van der Waals surface area (Å²) in [4.78, 5) is 1.27. The number of rotatable bonds is 7. The summed E-state index contributed by atoms with van der Waals surface area (Å²) in [5.41, 5.74) is 0. The van der Waals surface area contributed by atoms with Gasteiger partial charge in [-0.25, -0.2) is 0 Å². The minimum atomic E-state index is 0.465. The van der Waals surface area contributed by atoms with E-state index in [1.54, 1.807) is 25.6 Å². The van der Waals surface area contributed by atoms with Crippen LogP contribution in [0.5, 0.6) is 5.06 Å². The Hall–Kier alpha value is -0.100. The fraction of sp³-hybridized carbons (Fsp3) is 0.636. The first-order valence-electron chi connectivity index (χ1n) is 5.22. The average Bonchev–Trinajstić information content (AvgIpc) is 2.64. The second-order valence-corrected chi connectivity index (χ2v) is 5.57. The Labute approximate surface area is 109 Å². The van der Waals surface area contributed by atoms with Crippen molar-refractivity contribution in [1.82, 2.24) is 5.32 Å². The summed E-state index contributed by atoms with van der Waals surface area (Å²) in [6.07, 6.45) is 1.03. The highest BCUT2D eigenvalue weighted by molar-refractivity contribution is 9.10. The van der Waals surface area contributed by atoms with Crippen LogP contribution in [0.25, 0.3) is 0 Å². The molecule has 1 atom stereocenters. The van der Waals surface area contributed by atoms with Crippen molar-refractivity contribution in [2.75, 3.05) is 20.8 Å². The molecule has 5 heteroatoms. The highest BCUT2D eigenvalue weighted by atomic mass is 79.9. The van der Waals surface area contributed by atoms with Crippen molar-refractivity contribution in [2.45, 2.75) is 25.9 Å². The lowest BCUT2D eigenvalue weighted by molar-refractivity contribution is 0.185. The second kappa shape index (κ2) is 7.27. The monoisotopic (exact) mass is 307 g/mol. The van der Waals surface area contributed by atoms with E-state index in [4.69, 9.17) is 9.47 Å². The number of hydrogen-bond acceptors (Lipinski definition) is 4. The molecule has 3 nitrogen and oxygen atoms in total. The smallest absolute Gasteiger partial charge is 0.188 e. The molecule has 1 aromatic rings. The summed E-state index contributed by atoms with van der Waals surface area (Å²) in [7, 11) is 3.42. The highest BCUT2D eigenvalue weighted by Gasteiger charge is 2.08. The maximum Gasteiger partial charge on any atom is 0.188 e. The van der Waals surface area contributed by atoms with E-state index in [2.05, 4.69) is 34.2 Å². The standard InChI is InChI=1S/C11H18BrNO2S/c1-8(4-5-14-2)13-7-9-6-10(12)11(15-3)16-9/h6,8,13H,4-5,7H2,1-3H3. The Kier molecular flexibility index (Phi) is 6.34. The number of thiophene rings is 1. The number of ether oxygens (including phenoxy) is 2. The summed E-state index contributed by atoms with van der Waals surface area (Å²) in [5, 5.41) is 4.38. The molecule has 1 aromatic heterocycles. The lowest BCUT2D eigenvalue weighted by atomic mass is 10.2. The molecule has 0 aliphatic heterocycles. The zero-order valence-electron chi connectivity index (χ0n) is 9.88. The van der Waals surface area contributed by atoms with E-state index >= 15 is 0 Å². The van der Waals surface area contributed by atoms with E-state index < -0.39 is 0 Å². The van der Waals surface area contributed by atoms with Gasteiger partial charge in [0.15, 0.2) is 5.06 Å². The van der Waals surface area contributed by atoms with Crippen LogP contribution in [0, 0.1) is 0 Å². The van der Waals surface area contributed by atoms with Crippen LogP contribution in [0.1, 0.15) is 18.2 Å². The Balaban J connectivity index is 2.36. The average molecular weight is 308 g/mol. The Morgan fingerprint density at radius 3 is 2.81 bits per heavy atom. The van der Waals surface area contributed by atoms with Crippen LogP contribution < -0.4 is 10.1 Å². The third kappa shape index (κ3) is 4.41. The molecule has 0 amide bonds. The predicted molar refractivity (Wildman–Crippen MR) is 71.4 cm³/mol. The molecule has 0 radical (unpaired) electrons. The van der Waals surface area contributed by atoms with Gasteiger partial charge in [-0.05, 0) is 35.3 Å². The normalized spacial score (nSPS) is 12.8. The summed E-state index contributed by atoms with van der Waals surface area (Å²) in [5.74, 6) is 0. The summed E-state index contributed by atoms with van der Waals surface area (Å²) in [6, 6.07) is 2.56. The first-order chi connectivity index (χ1) is 7.67. The molecule has 16 heavy (non-hydrogen) atoms. The number of methoxy groups -OCH3 is 2. The van der Waals surface area contributed by atoms with Gasteiger partial charge in [-0.3, -0.25) is 0 Å². The van der Waals surface area contributed by atoms with Gasteiger partial charge in [0.25, 0.3) is 0 Å². The SMILES string of the molecule is COCCC(C)NCc1cc(Br)c(OC)s1. The number of nitrogens with one attached hydrogen (secondary N) is 1. The van der Waals surface area contributed by atoms with Crippen LogP contribution in [-0.4, -0.2) is 26.9 Å². The van der Waals surface area contributed by atoms with Crippen molar-refractivity contribution in [2.24, 2.45) is 0 Å². The molecule has 0 saturated carbocycles. The zero-order valence-corrected chi connectivity index (χ0v) is 12.3. The van der Waals surface area contributed by atoms with E-state index in [1.165, 1.54) is 4.88 Å². The largest absolute Gasteiger partial charge is 0.486 e. The van der Waals surface area contributed by atoms with Crippen LogP contribution in [0.4, 0.5) is 0 Å². The van der Waals surface area contributed by atoms with Gasteiger partial charge in [0.1, 0.15) is 0 Å². The van der Waals surface area contributed by atoms with Crippen molar-refractivity contribution in [3.63, 3.8) is 0 Å². The molecule has 0 saturated heterocycles. The van der Waals surface area contributed by atoms with Crippen molar-refractivity contribution < 1.29 is 9.47 Å². The first kappa shape index (κ1) is 14.0. The maximum absolute atomic E-state index is 5.22. The van der Waals surface area contributed by atoms with Crippen molar-refractivity contribution >= 4 is 27.3 Å². The van der Waals surface area contributed by atoms with Gasteiger partial charge < -0.3 is 14.8 Å². The molecule has 0 aliphatic carbocycles. The van der Waals surface area contributed by atoms with Crippen molar-refractivity contribution in [3.8, 4) is 5.06 Å². The van der Waals surface area contributed by atoms with E-state index in [1.807, 2.05) is 0 Å². The first-order valence-corrected chi connectivity index (χ1v) is 6.82. The quantitative estimate of drug-likeness (QED) is 0.840. The molecule has 0 spiro atoms. The van der Waals surface area contributed by atoms with Crippen molar-refractivity contribution in [3.05, 3.63) is 15.4 Å². The topological polar surface area (TPSA) is 30.5 Å². The van der Waals surface area contributed by atoms with E-state index in [0.29, 0.717) is 6.04 Å².